The van der Waals surface area contributed by atoms with Gasteiger partial charge in [0.2, 0.25) is 5.82 Å². The van der Waals surface area contributed by atoms with E-state index in [-0.39, 0.29) is 11.3 Å². The number of methoxy groups -OCH3 is 1. The molecule has 0 aliphatic carbocycles. The van der Waals surface area contributed by atoms with Crippen LogP contribution in [-0.2, 0) is 7.05 Å². The zero-order chi connectivity index (χ0) is 24.0. The van der Waals surface area contributed by atoms with Gasteiger partial charge in [0.25, 0.3) is 5.91 Å². The normalized spacial score (nSPS) is 11.9. The van der Waals surface area contributed by atoms with E-state index in [4.69, 9.17) is 9.72 Å². The smallest absolute Gasteiger partial charge is 0.287 e. The molecule has 1 aromatic carbocycles. The topological polar surface area (TPSA) is 73.5 Å². The minimum absolute atomic E-state index is 0.0266. The molecular formula is C26H27N5O2S. The van der Waals surface area contributed by atoms with Crippen LogP contribution < -0.4 is 10.1 Å². The van der Waals surface area contributed by atoms with Crippen LogP contribution in [0.15, 0.2) is 54.3 Å². The second-order valence-corrected chi connectivity index (χ2v) is 10.5. The second-order valence-electron chi connectivity index (χ2n) is 9.58. The third-order valence-electron chi connectivity index (χ3n) is 5.69. The predicted octanol–water partition coefficient (Wildman–Crippen LogP) is 5.40. The molecule has 4 heterocycles. The van der Waals surface area contributed by atoms with E-state index in [2.05, 4.69) is 37.3 Å². The minimum atomic E-state index is -0.187. The average Bonchev–Trinajstić information content (AvgIpc) is 3.55. The Morgan fingerprint density at radius 2 is 2.06 bits per heavy atom. The van der Waals surface area contributed by atoms with Crippen LogP contribution in [0.3, 0.4) is 0 Å². The van der Waals surface area contributed by atoms with Crippen molar-refractivity contribution < 1.29 is 9.53 Å². The minimum Gasteiger partial charge on any atom is -0.496 e. The second kappa shape index (κ2) is 8.29. The van der Waals surface area contributed by atoms with Crippen LogP contribution in [0.25, 0.3) is 38.0 Å². The zero-order valence-corrected chi connectivity index (χ0v) is 20.7. The van der Waals surface area contributed by atoms with E-state index in [1.165, 1.54) is 0 Å². The number of ether oxygens (including phenoxy) is 1. The lowest BCUT2D eigenvalue weighted by molar-refractivity contribution is 0.0928. The number of hydrogen-bond donors (Lipinski definition) is 1. The Balaban J connectivity index is 1.77. The van der Waals surface area contributed by atoms with Gasteiger partial charge in [-0.2, -0.15) is 5.10 Å². The van der Waals surface area contributed by atoms with Crippen molar-refractivity contribution >= 4 is 33.5 Å². The van der Waals surface area contributed by atoms with Gasteiger partial charge in [-0.25, -0.2) is 4.98 Å². The van der Waals surface area contributed by atoms with E-state index in [0.717, 1.165) is 43.7 Å². The molecule has 5 rings (SSSR count). The van der Waals surface area contributed by atoms with Crippen LogP contribution >= 0.6 is 11.3 Å². The Hall–Kier alpha value is -3.65. The summed E-state index contributed by atoms with van der Waals surface area (Å²) < 4.78 is 9.39. The van der Waals surface area contributed by atoms with Crippen molar-refractivity contribution in [2.75, 3.05) is 13.7 Å². The van der Waals surface area contributed by atoms with Crippen molar-refractivity contribution in [2.45, 2.75) is 20.8 Å². The number of benzene rings is 1. The summed E-state index contributed by atoms with van der Waals surface area (Å²) in [5.41, 5.74) is 3.57. The molecule has 174 valence electrons. The maximum Gasteiger partial charge on any atom is 0.287 e. The molecule has 4 aromatic heterocycles. The summed E-state index contributed by atoms with van der Waals surface area (Å²) in [7, 11) is 3.57. The number of nitrogens with zero attached hydrogens (tertiary/aromatic N) is 4. The number of amides is 1. The largest absolute Gasteiger partial charge is 0.496 e. The molecule has 0 aliphatic heterocycles. The molecule has 7 nitrogen and oxygen atoms in total. The van der Waals surface area contributed by atoms with Gasteiger partial charge in [-0.1, -0.05) is 26.8 Å². The van der Waals surface area contributed by atoms with E-state index in [1.807, 2.05) is 59.7 Å². The summed E-state index contributed by atoms with van der Waals surface area (Å²) in [6, 6.07) is 10.2. The molecule has 0 atom stereocenters. The van der Waals surface area contributed by atoms with Gasteiger partial charge in [-0.15, -0.1) is 11.3 Å². The highest BCUT2D eigenvalue weighted by Gasteiger charge is 2.23. The van der Waals surface area contributed by atoms with Crippen LogP contribution in [0.2, 0.25) is 0 Å². The van der Waals surface area contributed by atoms with E-state index in [0.29, 0.717) is 12.4 Å². The molecule has 0 spiro atoms. The summed E-state index contributed by atoms with van der Waals surface area (Å²) in [6.45, 7) is 6.84. The van der Waals surface area contributed by atoms with Gasteiger partial charge in [-0.3, -0.25) is 13.9 Å². The lowest BCUT2D eigenvalue weighted by atomic mass is 9.97. The molecule has 0 fully saturated rings. The fraction of sp³-hybridized carbons (Fsp3) is 0.269. The predicted molar refractivity (Wildman–Crippen MR) is 137 cm³/mol. The Bertz CT molecular complexity index is 1510. The highest BCUT2D eigenvalue weighted by atomic mass is 32.1. The molecular weight excluding hydrogens is 446 g/mol. The van der Waals surface area contributed by atoms with Gasteiger partial charge in [0, 0.05) is 42.5 Å². The van der Waals surface area contributed by atoms with Crippen LogP contribution in [0.1, 0.15) is 31.4 Å². The first kappa shape index (κ1) is 22.2. The summed E-state index contributed by atoms with van der Waals surface area (Å²) in [5, 5.41) is 11.4. The highest BCUT2D eigenvalue weighted by molar-refractivity contribution is 7.13. The molecule has 34 heavy (non-hydrogen) atoms. The van der Waals surface area contributed by atoms with Gasteiger partial charge in [0.15, 0.2) is 0 Å². The fourth-order valence-electron chi connectivity index (χ4n) is 4.05. The number of carbonyl (C=O) groups excluding carboxylic acids is 1. The summed E-state index contributed by atoms with van der Waals surface area (Å²) in [4.78, 5) is 19.1. The maximum absolute atomic E-state index is 13.2. The molecule has 8 heteroatoms. The standard InChI is InChI=1S/C26H27N5O2S/c1-26(2,3)15-27-25(32)24-29-22(21-7-6-10-34-21)23-19-12-18(17-13-28-30(4)14-17)20(33-5)11-16(19)8-9-31(23)24/h6-14H,15H2,1-5H3,(H,27,32). The van der Waals surface area contributed by atoms with Crippen molar-refractivity contribution in [3.05, 3.63) is 60.1 Å². The summed E-state index contributed by atoms with van der Waals surface area (Å²) in [6.07, 6.45) is 5.70. The number of pyridine rings is 1. The maximum atomic E-state index is 13.2. The first-order chi connectivity index (χ1) is 16.2. The third kappa shape index (κ3) is 3.94. The molecule has 1 N–H and O–H groups in total. The fourth-order valence-corrected chi connectivity index (χ4v) is 4.77. The van der Waals surface area contributed by atoms with Crippen LogP contribution in [0.5, 0.6) is 5.75 Å². The van der Waals surface area contributed by atoms with Crippen molar-refractivity contribution in [3.8, 4) is 27.4 Å². The van der Waals surface area contributed by atoms with Crippen LogP contribution in [-0.4, -0.2) is 38.7 Å². The quantitative estimate of drug-likeness (QED) is 0.371. The van der Waals surface area contributed by atoms with E-state index < -0.39 is 0 Å². The monoisotopic (exact) mass is 473 g/mol. The third-order valence-corrected chi connectivity index (χ3v) is 6.57. The van der Waals surface area contributed by atoms with Crippen molar-refractivity contribution in [1.29, 1.82) is 0 Å². The van der Waals surface area contributed by atoms with Crippen molar-refractivity contribution in [3.63, 3.8) is 0 Å². The summed E-state index contributed by atoms with van der Waals surface area (Å²) >= 11 is 1.61. The number of carbonyl (C=O) groups is 1. The molecule has 0 unspecified atom stereocenters. The number of aromatic nitrogens is 4. The van der Waals surface area contributed by atoms with Crippen molar-refractivity contribution in [1.82, 2.24) is 24.5 Å². The molecule has 0 bridgehead atoms. The van der Waals surface area contributed by atoms with Gasteiger partial charge in [0.05, 0.1) is 23.7 Å². The Morgan fingerprint density at radius 1 is 1.24 bits per heavy atom. The van der Waals surface area contributed by atoms with Gasteiger partial charge < -0.3 is 10.1 Å². The van der Waals surface area contributed by atoms with Crippen molar-refractivity contribution in [2.24, 2.45) is 12.5 Å². The lowest BCUT2D eigenvalue weighted by Crippen LogP contribution is -2.33. The number of rotatable bonds is 5. The van der Waals surface area contributed by atoms with Crippen LogP contribution in [0.4, 0.5) is 0 Å². The highest BCUT2D eigenvalue weighted by Crippen LogP contribution is 2.39. The number of imidazole rings is 1. The van der Waals surface area contributed by atoms with Crippen LogP contribution in [0, 0.1) is 5.41 Å². The Labute approximate surface area is 202 Å². The summed E-state index contributed by atoms with van der Waals surface area (Å²) in [5.74, 6) is 0.960. The molecule has 0 radical (unpaired) electrons. The first-order valence-electron chi connectivity index (χ1n) is 11.1. The number of hydrogen-bond acceptors (Lipinski definition) is 5. The van der Waals surface area contributed by atoms with Gasteiger partial charge in [-0.05, 0) is 40.4 Å². The molecule has 5 aromatic rings. The molecule has 0 aliphatic rings. The number of fused-ring (bicyclic) bond motifs is 3. The number of aryl methyl sites for hydroxylation is 1. The number of nitrogens with one attached hydrogen (secondary N) is 1. The lowest BCUT2D eigenvalue weighted by Gasteiger charge is -2.18. The van der Waals surface area contributed by atoms with E-state index in [1.54, 1.807) is 23.1 Å². The molecule has 0 saturated heterocycles. The SMILES string of the molecule is COc1cc2ccn3c(C(=O)NCC(C)(C)C)nc(-c4cccs4)c3c2cc1-c1cnn(C)c1. The Morgan fingerprint density at radius 3 is 2.71 bits per heavy atom. The molecule has 0 saturated carbocycles. The first-order valence-corrected chi connectivity index (χ1v) is 12.0. The average molecular weight is 474 g/mol. The molecule has 1 amide bonds. The van der Waals surface area contributed by atoms with Gasteiger partial charge >= 0.3 is 0 Å². The zero-order valence-electron chi connectivity index (χ0n) is 19.9. The Kier molecular flexibility index (Phi) is 5.40. The number of thiophene rings is 1. The van der Waals surface area contributed by atoms with E-state index in [9.17, 15) is 4.79 Å². The van der Waals surface area contributed by atoms with Gasteiger partial charge in [0.1, 0.15) is 11.4 Å². The van der Waals surface area contributed by atoms with E-state index >= 15 is 0 Å².